The maximum Gasteiger partial charge on any atom is 0.270 e. The van der Waals surface area contributed by atoms with Gasteiger partial charge in [0, 0.05) is 0 Å². The second-order valence-corrected chi connectivity index (χ2v) is 13.1. The first-order chi connectivity index (χ1) is 21.1. The first kappa shape index (κ1) is 29.8. The number of carbonyl (C=O) groups is 2. The van der Waals surface area contributed by atoms with Gasteiger partial charge in [-0.3, -0.25) is 19.4 Å². The Hall–Kier alpha value is -4.25. The maximum atomic E-state index is 14.0. The summed E-state index contributed by atoms with van der Waals surface area (Å²) in [7, 11) is 0. The Balaban J connectivity index is 1.35. The molecule has 5 aromatic rings. The second-order valence-electron chi connectivity index (χ2n) is 10.5. The average Bonchev–Trinajstić information content (AvgIpc) is 3.61. The average molecular weight is 640 g/mol. The molecule has 6 rings (SSSR count). The minimum Gasteiger partial charge on any atom is -0.494 e. The number of rotatable bonds is 7. The standard InChI is InChI=1S/C34H29N3O4S3/c1-6-40-25-11-13-28-29(18-25)43-33(35-28)44-30-14-12-26(41-30)17-27-31(38)36(23-9-7-19(2)21(4)15-23)34(42)37(32(27)39)24-10-8-20(3)22(5)16-24/h7-18H,6H2,1-5H3. The van der Waals surface area contributed by atoms with Gasteiger partial charge < -0.3 is 9.15 Å². The van der Waals surface area contributed by atoms with Gasteiger partial charge in [0.15, 0.2) is 14.5 Å². The lowest BCUT2D eigenvalue weighted by Crippen LogP contribution is -2.57. The number of furan rings is 1. The maximum absolute atomic E-state index is 14.0. The molecule has 2 amide bonds. The number of benzene rings is 3. The highest BCUT2D eigenvalue weighted by atomic mass is 32.2. The van der Waals surface area contributed by atoms with Crippen molar-refractivity contribution in [2.75, 3.05) is 16.4 Å². The predicted molar refractivity (Wildman–Crippen MR) is 181 cm³/mol. The third kappa shape index (κ3) is 5.68. The van der Waals surface area contributed by atoms with Crippen molar-refractivity contribution in [1.29, 1.82) is 0 Å². The number of thiocarbonyl (C=S) groups is 1. The smallest absolute Gasteiger partial charge is 0.270 e. The van der Waals surface area contributed by atoms with E-state index in [9.17, 15) is 9.59 Å². The fourth-order valence-electron chi connectivity index (χ4n) is 4.79. The quantitative estimate of drug-likeness (QED) is 0.101. The molecule has 1 aliphatic rings. The number of anilines is 2. The van der Waals surface area contributed by atoms with E-state index in [0.717, 1.165) is 42.6 Å². The summed E-state index contributed by atoms with van der Waals surface area (Å²) < 4.78 is 13.5. The van der Waals surface area contributed by atoms with Crippen molar-refractivity contribution in [3.8, 4) is 5.75 Å². The first-order valence-corrected chi connectivity index (χ1v) is 16.1. The molecule has 44 heavy (non-hydrogen) atoms. The molecule has 1 fully saturated rings. The summed E-state index contributed by atoms with van der Waals surface area (Å²) in [5.41, 5.74) is 6.20. The zero-order chi connectivity index (χ0) is 31.1. The van der Waals surface area contributed by atoms with E-state index in [-0.39, 0.29) is 10.7 Å². The van der Waals surface area contributed by atoms with E-state index < -0.39 is 11.8 Å². The van der Waals surface area contributed by atoms with Crippen molar-refractivity contribution in [3.05, 3.63) is 100 Å². The molecule has 1 aliphatic heterocycles. The highest BCUT2D eigenvalue weighted by Crippen LogP contribution is 2.37. The van der Waals surface area contributed by atoms with Crippen LogP contribution in [0.25, 0.3) is 16.3 Å². The van der Waals surface area contributed by atoms with Crippen molar-refractivity contribution >= 4 is 79.9 Å². The molecule has 0 unspecified atom stereocenters. The number of aromatic nitrogens is 1. The lowest BCUT2D eigenvalue weighted by atomic mass is 10.0. The predicted octanol–water partition coefficient (Wildman–Crippen LogP) is 8.42. The molecule has 222 valence electrons. The second kappa shape index (κ2) is 12.0. The van der Waals surface area contributed by atoms with Gasteiger partial charge >= 0.3 is 0 Å². The number of ether oxygens (including phenoxy) is 1. The summed E-state index contributed by atoms with van der Waals surface area (Å²) in [5.74, 6) is 0.158. The van der Waals surface area contributed by atoms with Gasteiger partial charge in [-0.1, -0.05) is 12.1 Å². The van der Waals surface area contributed by atoms with E-state index in [2.05, 4.69) is 0 Å². The summed E-state index contributed by atoms with van der Waals surface area (Å²) in [6.07, 6.45) is 1.49. The van der Waals surface area contributed by atoms with E-state index in [4.69, 9.17) is 26.4 Å². The van der Waals surface area contributed by atoms with Gasteiger partial charge in [-0.05, 0) is 142 Å². The summed E-state index contributed by atoms with van der Waals surface area (Å²) in [4.78, 5) is 35.5. The molecule has 0 radical (unpaired) electrons. The molecule has 7 nitrogen and oxygen atoms in total. The monoisotopic (exact) mass is 639 g/mol. The number of carbonyl (C=O) groups excluding carboxylic acids is 2. The summed E-state index contributed by atoms with van der Waals surface area (Å²) in [6, 6.07) is 20.7. The molecule has 0 spiro atoms. The molecular weight excluding hydrogens is 611 g/mol. The Bertz CT molecular complexity index is 1920. The Kier molecular flexibility index (Phi) is 8.15. The number of thiazole rings is 1. The molecule has 0 atom stereocenters. The molecule has 0 aliphatic carbocycles. The van der Waals surface area contributed by atoms with Gasteiger partial charge in [0.25, 0.3) is 11.8 Å². The number of amides is 2. The van der Waals surface area contributed by atoms with Crippen molar-refractivity contribution in [1.82, 2.24) is 4.98 Å². The van der Waals surface area contributed by atoms with Crippen LogP contribution in [0.4, 0.5) is 11.4 Å². The third-order valence-electron chi connectivity index (χ3n) is 7.47. The van der Waals surface area contributed by atoms with Gasteiger partial charge in [0.05, 0.1) is 28.2 Å². The van der Waals surface area contributed by atoms with Crippen molar-refractivity contribution in [3.63, 3.8) is 0 Å². The Labute approximate surface area is 269 Å². The lowest BCUT2D eigenvalue weighted by molar-refractivity contribution is -0.120. The lowest BCUT2D eigenvalue weighted by Gasteiger charge is -2.36. The number of nitrogens with zero attached hydrogens (tertiary/aromatic N) is 3. The molecule has 0 bridgehead atoms. The fourth-order valence-corrected chi connectivity index (χ4v) is 7.17. The number of fused-ring (bicyclic) bond motifs is 1. The third-order valence-corrected chi connectivity index (χ3v) is 9.84. The van der Waals surface area contributed by atoms with E-state index in [1.54, 1.807) is 12.1 Å². The normalized spacial score (nSPS) is 13.8. The van der Waals surface area contributed by atoms with E-state index in [1.807, 2.05) is 89.2 Å². The number of hydrogen-bond acceptors (Lipinski definition) is 8. The van der Waals surface area contributed by atoms with Crippen LogP contribution < -0.4 is 14.5 Å². The van der Waals surface area contributed by atoms with Crippen molar-refractivity contribution in [2.45, 2.75) is 44.1 Å². The van der Waals surface area contributed by atoms with Crippen molar-refractivity contribution < 1.29 is 18.7 Å². The number of aryl methyl sites for hydroxylation is 4. The summed E-state index contributed by atoms with van der Waals surface area (Å²) in [5, 5.41) is 0.687. The first-order valence-electron chi connectivity index (χ1n) is 14.0. The van der Waals surface area contributed by atoms with Crippen LogP contribution in [0, 0.1) is 27.7 Å². The van der Waals surface area contributed by atoms with E-state index >= 15 is 0 Å². The zero-order valence-electron chi connectivity index (χ0n) is 24.8. The van der Waals surface area contributed by atoms with Crippen molar-refractivity contribution in [2.24, 2.45) is 0 Å². The molecular formula is C34H29N3O4S3. The van der Waals surface area contributed by atoms with Crippen LogP contribution in [0.1, 0.15) is 34.9 Å². The molecule has 0 N–H and O–H groups in total. The van der Waals surface area contributed by atoms with Gasteiger partial charge in [0.2, 0.25) is 0 Å². The van der Waals surface area contributed by atoms with Crippen LogP contribution in [-0.2, 0) is 9.59 Å². The van der Waals surface area contributed by atoms with E-state index in [1.165, 1.54) is 39.0 Å². The minimum absolute atomic E-state index is 0.0515. The Morgan fingerprint density at radius 1 is 0.864 bits per heavy atom. The molecule has 3 heterocycles. The van der Waals surface area contributed by atoms with Crippen LogP contribution in [0.5, 0.6) is 5.75 Å². The van der Waals surface area contributed by atoms with Gasteiger partial charge in [-0.15, -0.1) is 11.3 Å². The largest absolute Gasteiger partial charge is 0.494 e. The van der Waals surface area contributed by atoms with E-state index in [0.29, 0.717) is 28.8 Å². The Morgan fingerprint density at radius 2 is 1.50 bits per heavy atom. The molecule has 0 saturated carbocycles. The van der Waals surface area contributed by atoms with Crippen LogP contribution in [0.15, 0.2) is 86.2 Å². The summed E-state index contributed by atoms with van der Waals surface area (Å²) >= 11 is 8.72. The highest BCUT2D eigenvalue weighted by Gasteiger charge is 2.41. The molecule has 10 heteroatoms. The fraction of sp³-hybridized carbons (Fsp3) is 0.176. The molecule has 3 aromatic carbocycles. The minimum atomic E-state index is -0.509. The highest BCUT2D eigenvalue weighted by molar-refractivity contribution is 8.01. The molecule has 2 aromatic heterocycles. The Morgan fingerprint density at radius 3 is 2.09 bits per heavy atom. The van der Waals surface area contributed by atoms with Gasteiger partial charge in [-0.25, -0.2) is 4.98 Å². The van der Waals surface area contributed by atoms with Crippen LogP contribution in [0.2, 0.25) is 0 Å². The molecule has 1 saturated heterocycles. The zero-order valence-corrected chi connectivity index (χ0v) is 27.3. The van der Waals surface area contributed by atoms with Crippen LogP contribution in [-0.4, -0.2) is 28.5 Å². The van der Waals surface area contributed by atoms with Crippen LogP contribution in [0.3, 0.4) is 0 Å². The van der Waals surface area contributed by atoms with Gasteiger partial charge in [0.1, 0.15) is 17.1 Å². The SMILES string of the molecule is CCOc1ccc2nc(Sc3ccc(C=C4C(=O)N(c5ccc(C)c(C)c5)C(=S)N(c5ccc(C)c(C)c5)C4=O)o3)sc2c1. The number of hydrogen-bond donors (Lipinski definition) is 0. The van der Waals surface area contributed by atoms with Crippen LogP contribution >= 0.6 is 35.3 Å². The topological polar surface area (TPSA) is 75.9 Å². The summed E-state index contributed by atoms with van der Waals surface area (Å²) in [6.45, 7) is 10.5. The van der Waals surface area contributed by atoms with Gasteiger partial charge in [-0.2, -0.15) is 0 Å².